The lowest BCUT2D eigenvalue weighted by molar-refractivity contribution is -0.144. The number of esters is 1. The molecule has 4 nitrogen and oxygen atoms in total. The molecule has 0 aromatic heterocycles. The van der Waals surface area contributed by atoms with Gasteiger partial charge in [0.15, 0.2) is 0 Å². The Morgan fingerprint density at radius 3 is 2.88 bits per heavy atom. The van der Waals surface area contributed by atoms with E-state index in [4.69, 9.17) is 4.74 Å². The number of carbonyl (C=O) groups excluding carboxylic acids is 1. The summed E-state index contributed by atoms with van der Waals surface area (Å²) in [6, 6.07) is 1.34. The van der Waals surface area contributed by atoms with Gasteiger partial charge in [0.1, 0.15) is 0 Å². The van der Waals surface area contributed by atoms with Gasteiger partial charge in [0.25, 0.3) is 0 Å². The Bertz CT molecular complexity index is 241. The Hall–Kier alpha value is -0.610. The fourth-order valence-corrected chi connectivity index (χ4v) is 2.31. The lowest BCUT2D eigenvalue weighted by Crippen LogP contribution is -2.48. The van der Waals surface area contributed by atoms with Crippen LogP contribution in [0.4, 0.5) is 0 Å². The van der Waals surface area contributed by atoms with Crippen LogP contribution in [0.3, 0.4) is 0 Å². The Morgan fingerprint density at radius 2 is 2.19 bits per heavy atom. The third-order valence-corrected chi connectivity index (χ3v) is 3.21. The molecule has 0 aromatic carbocycles. The van der Waals surface area contributed by atoms with Crippen molar-refractivity contribution in [3.63, 3.8) is 0 Å². The third kappa shape index (κ3) is 3.76. The van der Waals surface area contributed by atoms with Gasteiger partial charge in [-0.2, -0.15) is 0 Å². The SMILES string of the molecule is CCOC(=O)CN1CCCC(NC2CC2)C1. The molecule has 4 heteroatoms. The van der Waals surface area contributed by atoms with Gasteiger partial charge in [0.2, 0.25) is 0 Å². The predicted molar refractivity (Wildman–Crippen MR) is 62.3 cm³/mol. The molecule has 0 amide bonds. The summed E-state index contributed by atoms with van der Waals surface area (Å²) in [5.41, 5.74) is 0. The molecule has 0 bridgehead atoms. The molecular formula is C12H22N2O2. The molecule has 1 aliphatic carbocycles. The van der Waals surface area contributed by atoms with Crippen molar-refractivity contribution in [1.82, 2.24) is 10.2 Å². The summed E-state index contributed by atoms with van der Waals surface area (Å²) in [7, 11) is 0. The highest BCUT2D eigenvalue weighted by Gasteiger charge is 2.28. The second kappa shape index (κ2) is 5.64. The number of carbonyl (C=O) groups is 1. The smallest absolute Gasteiger partial charge is 0.320 e. The van der Waals surface area contributed by atoms with Gasteiger partial charge in [-0.25, -0.2) is 0 Å². The lowest BCUT2D eigenvalue weighted by Gasteiger charge is -2.32. The van der Waals surface area contributed by atoms with Crippen molar-refractivity contribution in [2.24, 2.45) is 0 Å². The van der Waals surface area contributed by atoms with Crippen LogP contribution in [0.15, 0.2) is 0 Å². The normalized spacial score (nSPS) is 26.7. The molecule has 1 unspecified atom stereocenters. The minimum absolute atomic E-state index is 0.0884. The highest BCUT2D eigenvalue weighted by atomic mass is 16.5. The molecule has 0 spiro atoms. The Kier molecular flexibility index (Phi) is 4.18. The molecule has 2 aliphatic rings. The van der Waals surface area contributed by atoms with Crippen LogP contribution < -0.4 is 5.32 Å². The zero-order valence-electron chi connectivity index (χ0n) is 10.1. The quantitative estimate of drug-likeness (QED) is 0.703. The average molecular weight is 226 g/mol. The second-order valence-electron chi connectivity index (χ2n) is 4.82. The average Bonchev–Trinajstić information content (AvgIpc) is 3.02. The fraction of sp³-hybridized carbons (Fsp3) is 0.917. The number of hydrogen-bond acceptors (Lipinski definition) is 4. The summed E-state index contributed by atoms with van der Waals surface area (Å²) in [5, 5.41) is 3.63. The molecule has 0 radical (unpaired) electrons. The third-order valence-electron chi connectivity index (χ3n) is 3.21. The number of nitrogens with zero attached hydrogens (tertiary/aromatic N) is 1. The molecule has 2 fully saturated rings. The second-order valence-corrected chi connectivity index (χ2v) is 4.82. The summed E-state index contributed by atoms with van der Waals surface area (Å²) in [6.45, 7) is 4.82. The minimum Gasteiger partial charge on any atom is -0.465 e. The van der Waals surface area contributed by atoms with Crippen molar-refractivity contribution >= 4 is 5.97 Å². The maximum Gasteiger partial charge on any atom is 0.320 e. The maximum absolute atomic E-state index is 11.4. The van der Waals surface area contributed by atoms with Crippen LogP contribution in [0, 0.1) is 0 Å². The summed E-state index contributed by atoms with van der Waals surface area (Å²) < 4.78 is 4.97. The van der Waals surface area contributed by atoms with Crippen LogP contribution in [0.25, 0.3) is 0 Å². The first-order chi connectivity index (χ1) is 7.78. The van der Waals surface area contributed by atoms with Crippen LogP contribution in [0.5, 0.6) is 0 Å². The van der Waals surface area contributed by atoms with E-state index in [1.807, 2.05) is 6.92 Å². The first kappa shape index (κ1) is 11.9. The van der Waals surface area contributed by atoms with Crippen LogP contribution in [-0.2, 0) is 9.53 Å². The Balaban J connectivity index is 1.70. The zero-order valence-corrected chi connectivity index (χ0v) is 10.1. The number of rotatable bonds is 5. The van der Waals surface area contributed by atoms with Crippen molar-refractivity contribution in [3.05, 3.63) is 0 Å². The van der Waals surface area contributed by atoms with E-state index in [0.29, 0.717) is 19.2 Å². The summed E-state index contributed by atoms with van der Waals surface area (Å²) >= 11 is 0. The summed E-state index contributed by atoms with van der Waals surface area (Å²) in [4.78, 5) is 13.6. The van der Waals surface area contributed by atoms with Gasteiger partial charge in [0.05, 0.1) is 13.2 Å². The molecule has 2 rings (SSSR count). The summed E-state index contributed by atoms with van der Waals surface area (Å²) in [5.74, 6) is -0.0884. The minimum atomic E-state index is -0.0884. The molecule has 16 heavy (non-hydrogen) atoms. The number of ether oxygens (including phenoxy) is 1. The van der Waals surface area contributed by atoms with E-state index in [-0.39, 0.29) is 5.97 Å². The van der Waals surface area contributed by atoms with Gasteiger partial charge in [-0.3, -0.25) is 9.69 Å². The number of likely N-dealkylation sites (tertiary alicyclic amines) is 1. The van der Waals surface area contributed by atoms with Gasteiger partial charge in [-0.1, -0.05) is 0 Å². The Labute approximate surface area is 97.3 Å². The topological polar surface area (TPSA) is 41.6 Å². The molecular weight excluding hydrogens is 204 g/mol. The van der Waals surface area contributed by atoms with Crippen LogP contribution in [0.1, 0.15) is 32.6 Å². The van der Waals surface area contributed by atoms with E-state index in [9.17, 15) is 4.79 Å². The lowest BCUT2D eigenvalue weighted by atomic mass is 10.1. The zero-order chi connectivity index (χ0) is 11.4. The van der Waals surface area contributed by atoms with E-state index in [1.54, 1.807) is 0 Å². The van der Waals surface area contributed by atoms with Gasteiger partial charge >= 0.3 is 5.97 Å². The fourth-order valence-electron chi connectivity index (χ4n) is 2.31. The Morgan fingerprint density at radius 1 is 1.38 bits per heavy atom. The largest absolute Gasteiger partial charge is 0.465 e. The summed E-state index contributed by atoms with van der Waals surface area (Å²) in [6.07, 6.45) is 5.09. The monoisotopic (exact) mass is 226 g/mol. The first-order valence-electron chi connectivity index (χ1n) is 6.42. The van der Waals surface area contributed by atoms with E-state index >= 15 is 0 Å². The first-order valence-corrected chi connectivity index (χ1v) is 6.42. The molecule has 92 valence electrons. The molecule has 1 atom stereocenters. The molecule has 1 N–H and O–H groups in total. The van der Waals surface area contributed by atoms with Crippen LogP contribution >= 0.6 is 0 Å². The number of hydrogen-bond donors (Lipinski definition) is 1. The van der Waals surface area contributed by atoms with Gasteiger partial charge in [-0.05, 0) is 39.2 Å². The van der Waals surface area contributed by atoms with Crippen LogP contribution in [-0.4, -0.2) is 49.2 Å². The standard InChI is InChI=1S/C12H22N2O2/c1-2-16-12(15)9-14-7-3-4-11(8-14)13-10-5-6-10/h10-11,13H,2-9H2,1H3. The highest BCUT2D eigenvalue weighted by Crippen LogP contribution is 2.21. The highest BCUT2D eigenvalue weighted by molar-refractivity contribution is 5.71. The number of nitrogens with one attached hydrogen (secondary N) is 1. The molecule has 1 heterocycles. The maximum atomic E-state index is 11.4. The van der Waals surface area contributed by atoms with Crippen molar-refractivity contribution in [2.75, 3.05) is 26.2 Å². The van der Waals surface area contributed by atoms with Gasteiger partial charge in [-0.15, -0.1) is 0 Å². The van der Waals surface area contributed by atoms with E-state index in [0.717, 1.165) is 19.1 Å². The van der Waals surface area contributed by atoms with Crippen molar-refractivity contribution < 1.29 is 9.53 Å². The molecule has 1 saturated carbocycles. The van der Waals surface area contributed by atoms with E-state index in [1.165, 1.54) is 25.7 Å². The van der Waals surface area contributed by atoms with Crippen molar-refractivity contribution in [3.8, 4) is 0 Å². The van der Waals surface area contributed by atoms with Crippen LogP contribution in [0.2, 0.25) is 0 Å². The van der Waals surface area contributed by atoms with Crippen molar-refractivity contribution in [1.29, 1.82) is 0 Å². The number of piperidine rings is 1. The van der Waals surface area contributed by atoms with E-state index < -0.39 is 0 Å². The molecule has 0 aromatic rings. The van der Waals surface area contributed by atoms with Gasteiger partial charge in [0, 0.05) is 18.6 Å². The van der Waals surface area contributed by atoms with Gasteiger partial charge < -0.3 is 10.1 Å². The van der Waals surface area contributed by atoms with Crippen molar-refractivity contribution in [2.45, 2.75) is 44.7 Å². The molecule has 1 saturated heterocycles. The molecule has 1 aliphatic heterocycles. The predicted octanol–water partition coefficient (Wildman–Crippen LogP) is 0.766. The van der Waals surface area contributed by atoms with E-state index in [2.05, 4.69) is 10.2 Å².